The van der Waals surface area contributed by atoms with E-state index < -0.39 is 16.8 Å². The van der Waals surface area contributed by atoms with Gasteiger partial charge in [0.25, 0.3) is 5.69 Å². The zero-order valence-corrected chi connectivity index (χ0v) is 15.6. The molecule has 1 aromatic carbocycles. The fraction of sp³-hybridized carbons (Fsp3) is 0.333. The van der Waals surface area contributed by atoms with Crippen LogP contribution >= 0.6 is 11.3 Å². The third-order valence-corrected chi connectivity index (χ3v) is 4.90. The summed E-state index contributed by atoms with van der Waals surface area (Å²) in [6, 6.07) is 6.09. The van der Waals surface area contributed by atoms with Crippen LogP contribution in [0.4, 0.5) is 10.7 Å². The molecular weight excluding hydrogens is 356 g/mol. The number of nitro benzene ring substituents is 1. The summed E-state index contributed by atoms with van der Waals surface area (Å²) in [5.74, 6) is -0.900. The van der Waals surface area contributed by atoms with Crippen LogP contribution < -0.4 is 5.32 Å². The number of thiophene rings is 1. The minimum absolute atomic E-state index is 0.107. The maximum atomic E-state index is 12.4. The lowest BCUT2D eigenvalue weighted by Gasteiger charge is -2.08. The van der Waals surface area contributed by atoms with Gasteiger partial charge in [0.05, 0.1) is 23.5 Å². The maximum Gasteiger partial charge on any atom is 0.341 e. The van der Waals surface area contributed by atoms with Crippen molar-refractivity contribution < 1.29 is 19.2 Å². The van der Waals surface area contributed by atoms with Crippen LogP contribution in [-0.4, -0.2) is 23.4 Å². The lowest BCUT2D eigenvalue weighted by Crippen LogP contribution is -2.17. The fourth-order valence-electron chi connectivity index (χ4n) is 2.69. The minimum Gasteiger partial charge on any atom is -0.462 e. The van der Waals surface area contributed by atoms with E-state index in [0.29, 0.717) is 22.5 Å². The highest BCUT2D eigenvalue weighted by molar-refractivity contribution is 7.16. The van der Waals surface area contributed by atoms with E-state index in [9.17, 15) is 19.7 Å². The first-order valence-electron chi connectivity index (χ1n) is 8.20. The molecule has 0 aliphatic heterocycles. The second-order valence-corrected chi connectivity index (χ2v) is 6.75. The number of aryl methyl sites for hydroxylation is 1. The van der Waals surface area contributed by atoms with Crippen molar-refractivity contribution in [3.8, 4) is 0 Å². The summed E-state index contributed by atoms with van der Waals surface area (Å²) in [4.78, 5) is 36.2. The SMILES string of the molecule is CCOC(=O)c1c(NC(=O)Cc2ccccc2[N+](=O)[O-])sc(C)c1CC. The molecule has 1 aromatic heterocycles. The smallest absolute Gasteiger partial charge is 0.341 e. The van der Waals surface area contributed by atoms with Crippen LogP contribution in [0.3, 0.4) is 0 Å². The van der Waals surface area contributed by atoms with E-state index in [0.717, 1.165) is 10.4 Å². The second kappa shape index (κ2) is 8.57. The van der Waals surface area contributed by atoms with Gasteiger partial charge in [-0.05, 0) is 25.8 Å². The summed E-state index contributed by atoms with van der Waals surface area (Å²) in [5.41, 5.74) is 1.42. The van der Waals surface area contributed by atoms with Gasteiger partial charge in [-0.15, -0.1) is 11.3 Å². The van der Waals surface area contributed by atoms with Gasteiger partial charge in [0.15, 0.2) is 0 Å². The lowest BCUT2D eigenvalue weighted by atomic mass is 10.1. The number of nitrogens with zero attached hydrogens (tertiary/aromatic N) is 1. The van der Waals surface area contributed by atoms with Gasteiger partial charge in [-0.3, -0.25) is 14.9 Å². The molecule has 7 nitrogen and oxygen atoms in total. The van der Waals surface area contributed by atoms with Crippen LogP contribution in [0.2, 0.25) is 0 Å². The summed E-state index contributed by atoms with van der Waals surface area (Å²) in [7, 11) is 0. The number of rotatable bonds is 7. The predicted molar refractivity (Wildman–Crippen MR) is 99.8 cm³/mol. The van der Waals surface area contributed by atoms with Gasteiger partial charge >= 0.3 is 5.97 Å². The van der Waals surface area contributed by atoms with Crippen molar-refractivity contribution in [2.24, 2.45) is 0 Å². The molecule has 26 heavy (non-hydrogen) atoms. The van der Waals surface area contributed by atoms with Crippen LogP contribution in [0.15, 0.2) is 24.3 Å². The molecular formula is C18H20N2O5S. The number of hydrogen-bond donors (Lipinski definition) is 1. The van der Waals surface area contributed by atoms with Crippen molar-refractivity contribution in [3.05, 3.63) is 55.9 Å². The number of nitro groups is 1. The van der Waals surface area contributed by atoms with E-state index in [1.54, 1.807) is 25.1 Å². The molecule has 0 fully saturated rings. The van der Waals surface area contributed by atoms with Crippen molar-refractivity contribution in [2.75, 3.05) is 11.9 Å². The Balaban J connectivity index is 2.27. The van der Waals surface area contributed by atoms with Crippen LogP contribution in [-0.2, 0) is 22.4 Å². The fourth-order valence-corrected chi connectivity index (χ4v) is 3.84. The molecule has 0 saturated carbocycles. The monoisotopic (exact) mass is 376 g/mol. The zero-order chi connectivity index (χ0) is 19.3. The average molecular weight is 376 g/mol. The lowest BCUT2D eigenvalue weighted by molar-refractivity contribution is -0.385. The molecule has 0 saturated heterocycles. The first-order valence-corrected chi connectivity index (χ1v) is 9.02. The molecule has 0 aliphatic carbocycles. The Morgan fingerprint density at radius 3 is 2.58 bits per heavy atom. The maximum absolute atomic E-state index is 12.4. The molecule has 138 valence electrons. The number of benzene rings is 1. The second-order valence-electron chi connectivity index (χ2n) is 5.53. The van der Waals surface area contributed by atoms with Crippen molar-refractivity contribution >= 4 is 33.9 Å². The van der Waals surface area contributed by atoms with Gasteiger partial charge in [-0.2, -0.15) is 0 Å². The Hall–Kier alpha value is -2.74. The van der Waals surface area contributed by atoms with Crippen LogP contribution in [0.5, 0.6) is 0 Å². The van der Waals surface area contributed by atoms with Crippen molar-refractivity contribution in [2.45, 2.75) is 33.6 Å². The van der Waals surface area contributed by atoms with Gasteiger partial charge in [0.2, 0.25) is 5.91 Å². The van der Waals surface area contributed by atoms with Gasteiger partial charge in [-0.1, -0.05) is 25.1 Å². The Bertz CT molecular complexity index is 844. The third kappa shape index (κ3) is 4.26. The molecule has 0 atom stereocenters. The van der Waals surface area contributed by atoms with Gasteiger partial charge in [-0.25, -0.2) is 4.79 Å². The molecule has 0 bridgehead atoms. The zero-order valence-electron chi connectivity index (χ0n) is 14.8. The summed E-state index contributed by atoms with van der Waals surface area (Å²) < 4.78 is 5.10. The van der Waals surface area contributed by atoms with E-state index in [4.69, 9.17) is 4.74 Å². The summed E-state index contributed by atoms with van der Waals surface area (Å²) in [6.45, 7) is 5.76. The number of hydrogen-bond acceptors (Lipinski definition) is 6. The Morgan fingerprint density at radius 1 is 1.27 bits per heavy atom. The molecule has 2 aromatic rings. The van der Waals surface area contributed by atoms with Crippen molar-refractivity contribution in [1.82, 2.24) is 0 Å². The summed E-state index contributed by atoms with van der Waals surface area (Å²) in [6.07, 6.45) is 0.480. The van der Waals surface area contributed by atoms with Crippen molar-refractivity contribution in [3.63, 3.8) is 0 Å². The first kappa shape index (κ1) is 19.6. The van der Waals surface area contributed by atoms with E-state index in [-0.39, 0.29) is 18.7 Å². The molecule has 0 unspecified atom stereocenters. The van der Waals surface area contributed by atoms with Crippen LogP contribution in [0.1, 0.15) is 40.2 Å². The van der Waals surface area contributed by atoms with Crippen LogP contribution in [0.25, 0.3) is 0 Å². The predicted octanol–water partition coefficient (Wildman–Crippen LogP) is 3.89. The highest BCUT2D eigenvalue weighted by atomic mass is 32.1. The molecule has 0 radical (unpaired) electrons. The minimum atomic E-state index is -0.517. The van der Waals surface area contributed by atoms with Crippen LogP contribution in [0, 0.1) is 17.0 Å². The standard InChI is InChI=1S/C18H20N2O5S/c1-4-13-11(3)26-17(16(13)18(22)25-5-2)19-15(21)10-12-8-6-7-9-14(12)20(23)24/h6-9H,4-5,10H2,1-3H3,(H,19,21). The first-order chi connectivity index (χ1) is 12.4. The highest BCUT2D eigenvalue weighted by Crippen LogP contribution is 2.34. The summed E-state index contributed by atoms with van der Waals surface area (Å²) in [5, 5.41) is 14.2. The van der Waals surface area contributed by atoms with Gasteiger partial charge < -0.3 is 10.1 Å². The number of ether oxygens (including phenoxy) is 1. The van der Waals surface area contributed by atoms with Crippen molar-refractivity contribution in [1.29, 1.82) is 0 Å². The van der Waals surface area contributed by atoms with Gasteiger partial charge in [0, 0.05) is 16.5 Å². The topological polar surface area (TPSA) is 98.5 Å². The number of amides is 1. The van der Waals surface area contributed by atoms with E-state index >= 15 is 0 Å². The molecule has 0 spiro atoms. The third-order valence-electron chi connectivity index (χ3n) is 3.83. The van der Waals surface area contributed by atoms with E-state index in [2.05, 4.69) is 5.32 Å². The Labute approximate surface area is 155 Å². The molecule has 2 rings (SSSR count). The normalized spacial score (nSPS) is 10.4. The van der Waals surface area contributed by atoms with Gasteiger partial charge in [0.1, 0.15) is 5.00 Å². The average Bonchev–Trinajstić information content (AvgIpc) is 2.90. The molecule has 1 N–H and O–H groups in total. The molecule has 8 heteroatoms. The summed E-state index contributed by atoms with van der Waals surface area (Å²) >= 11 is 1.30. The van der Waals surface area contributed by atoms with E-state index in [1.165, 1.54) is 17.4 Å². The number of carbonyl (C=O) groups is 2. The Morgan fingerprint density at radius 2 is 1.96 bits per heavy atom. The quantitative estimate of drug-likeness (QED) is 0.449. The molecule has 0 aliphatic rings. The number of esters is 1. The highest BCUT2D eigenvalue weighted by Gasteiger charge is 2.24. The molecule has 1 heterocycles. The number of anilines is 1. The molecule has 1 amide bonds. The van der Waals surface area contributed by atoms with E-state index in [1.807, 2.05) is 13.8 Å². The largest absolute Gasteiger partial charge is 0.462 e. The number of carbonyl (C=O) groups excluding carboxylic acids is 2. The Kier molecular flexibility index (Phi) is 6.46. The number of para-hydroxylation sites is 1. The number of nitrogens with one attached hydrogen (secondary N) is 1.